The maximum atomic E-state index is 13.0. The van der Waals surface area contributed by atoms with E-state index in [1.165, 1.54) is 0 Å². The van der Waals surface area contributed by atoms with Crippen LogP contribution in [-0.2, 0) is 24.1 Å². The fraction of sp³-hybridized carbons (Fsp3) is 0.219. The van der Waals surface area contributed by atoms with E-state index in [1.54, 1.807) is 36.8 Å². The van der Waals surface area contributed by atoms with Crippen molar-refractivity contribution in [1.82, 2.24) is 19.9 Å². The Kier molecular flexibility index (Phi) is 9.01. The van der Waals surface area contributed by atoms with Crippen LogP contribution in [0, 0.1) is 6.92 Å². The molecular formula is C32H32N4O2. The van der Waals surface area contributed by atoms with Crippen LogP contribution in [-0.4, -0.2) is 52.1 Å². The smallest absolute Gasteiger partial charge is 0.167 e. The van der Waals surface area contributed by atoms with Crippen LogP contribution < -0.4 is 0 Å². The average molecular weight is 505 g/mol. The highest BCUT2D eigenvalue weighted by atomic mass is 16.1. The van der Waals surface area contributed by atoms with Crippen molar-refractivity contribution in [2.75, 3.05) is 20.6 Å². The number of carbonyl (C=O) groups is 2. The number of likely N-dealkylation sites (N-methyl/N-ethyl adjacent to an activating group) is 1. The number of pyridine rings is 1. The van der Waals surface area contributed by atoms with Gasteiger partial charge in [0.25, 0.3) is 0 Å². The molecule has 0 aliphatic rings. The van der Waals surface area contributed by atoms with Crippen molar-refractivity contribution < 1.29 is 9.59 Å². The van der Waals surface area contributed by atoms with Crippen LogP contribution in [0.3, 0.4) is 0 Å². The van der Waals surface area contributed by atoms with E-state index in [9.17, 15) is 9.59 Å². The van der Waals surface area contributed by atoms with Crippen LogP contribution in [0.1, 0.15) is 38.4 Å². The quantitative estimate of drug-likeness (QED) is 0.209. The van der Waals surface area contributed by atoms with Crippen LogP contribution in [0.4, 0.5) is 0 Å². The second-order valence-electron chi connectivity index (χ2n) is 9.64. The number of aryl methyl sites for hydroxylation is 1. The molecule has 0 aliphatic carbocycles. The molecule has 0 atom stereocenters. The first-order valence-electron chi connectivity index (χ1n) is 12.6. The van der Waals surface area contributed by atoms with E-state index >= 15 is 0 Å². The zero-order valence-electron chi connectivity index (χ0n) is 22.1. The van der Waals surface area contributed by atoms with Crippen LogP contribution in [0.2, 0.25) is 0 Å². The lowest BCUT2D eigenvalue weighted by Gasteiger charge is -2.10. The summed E-state index contributed by atoms with van der Waals surface area (Å²) in [5, 5.41) is 0. The fourth-order valence-corrected chi connectivity index (χ4v) is 4.11. The number of Topliss-reactive ketones (excluding diaryl/α,β-unsaturated/α-hetero) is 1. The van der Waals surface area contributed by atoms with Gasteiger partial charge < -0.3 is 4.90 Å². The predicted molar refractivity (Wildman–Crippen MR) is 150 cm³/mol. The number of aromatic nitrogens is 3. The van der Waals surface area contributed by atoms with Crippen LogP contribution in [0.5, 0.6) is 0 Å². The van der Waals surface area contributed by atoms with Crippen LogP contribution in [0.25, 0.3) is 11.3 Å². The van der Waals surface area contributed by atoms with Crippen molar-refractivity contribution in [2.24, 2.45) is 0 Å². The van der Waals surface area contributed by atoms with Crippen molar-refractivity contribution in [3.05, 3.63) is 125 Å². The molecule has 0 N–H and O–H groups in total. The number of rotatable bonds is 11. The number of hydrogen-bond acceptors (Lipinski definition) is 6. The Hall–Kier alpha value is -4.29. The molecule has 2 aromatic heterocycles. The van der Waals surface area contributed by atoms with Gasteiger partial charge in [0.05, 0.1) is 5.69 Å². The van der Waals surface area contributed by atoms with Gasteiger partial charge in [-0.15, -0.1) is 0 Å². The summed E-state index contributed by atoms with van der Waals surface area (Å²) in [4.78, 5) is 40.5. The number of carbonyl (C=O) groups excluding carboxylic acids is 2. The summed E-state index contributed by atoms with van der Waals surface area (Å²) < 4.78 is 0. The Bertz CT molecular complexity index is 1430. The molecule has 0 bridgehead atoms. The number of hydrogen-bond donors (Lipinski definition) is 0. The molecule has 0 unspecified atom stereocenters. The van der Waals surface area contributed by atoms with E-state index < -0.39 is 0 Å². The molecule has 4 rings (SSSR count). The highest BCUT2D eigenvalue weighted by Gasteiger charge is 2.11. The molecule has 0 spiro atoms. The summed E-state index contributed by atoms with van der Waals surface area (Å²) in [6.45, 7) is 2.78. The van der Waals surface area contributed by atoms with Crippen molar-refractivity contribution in [2.45, 2.75) is 26.2 Å². The van der Waals surface area contributed by atoms with Crippen LogP contribution in [0.15, 0.2) is 91.4 Å². The minimum atomic E-state index is 0.0402. The van der Waals surface area contributed by atoms with Crippen molar-refractivity contribution >= 4 is 11.6 Å². The van der Waals surface area contributed by atoms with E-state index in [4.69, 9.17) is 4.98 Å². The lowest BCUT2D eigenvalue weighted by Crippen LogP contribution is -2.11. The number of nitrogens with zero attached hydrogens (tertiary/aromatic N) is 4. The van der Waals surface area contributed by atoms with Crippen molar-refractivity contribution in [3.63, 3.8) is 0 Å². The van der Waals surface area contributed by atoms with Gasteiger partial charge in [0, 0.05) is 55.5 Å². The Morgan fingerprint density at radius 2 is 1.71 bits per heavy atom. The van der Waals surface area contributed by atoms with Gasteiger partial charge in [0.1, 0.15) is 5.82 Å². The SMILES string of the molecule is Cc1ccc(CC(=O)c2ccc(CC(=O)/C=C/CN(C)C)cc2)cc1Cc1nccc(-c2cccnc2)n1. The molecule has 38 heavy (non-hydrogen) atoms. The fourth-order valence-electron chi connectivity index (χ4n) is 4.11. The van der Waals surface area contributed by atoms with E-state index in [0.717, 1.165) is 45.9 Å². The summed E-state index contributed by atoms with van der Waals surface area (Å²) >= 11 is 0. The van der Waals surface area contributed by atoms with E-state index in [1.807, 2.05) is 67.5 Å². The second kappa shape index (κ2) is 12.8. The van der Waals surface area contributed by atoms with Gasteiger partial charge in [-0.25, -0.2) is 9.97 Å². The van der Waals surface area contributed by atoms with Crippen molar-refractivity contribution in [3.8, 4) is 11.3 Å². The van der Waals surface area contributed by atoms with Crippen LogP contribution >= 0.6 is 0 Å². The maximum absolute atomic E-state index is 13.0. The zero-order valence-corrected chi connectivity index (χ0v) is 22.1. The van der Waals surface area contributed by atoms with E-state index in [0.29, 0.717) is 24.8 Å². The molecule has 6 heteroatoms. The maximum Gasteiger partial charge on any atom is 0.167 e. The van der Waals surface area contributed by atoms with Gasteiger partial charge >= 0.3 is 0 Å². The number of benzene rings is 2. The van der Waals surface area contributed by atoms with Gasteiger partial charge in [-0.1, -0.05) is 48.5 Å². The van der Waals surface area contributed by atoms with Gasteiger partial charge in [-0.3, -0.25) is 14.6 Å². The Morgan fingerprint density at radius 1 is 0.921 bits per heavy atom. The van der Waals surface area contributed by atoms with E-state index in [2.05, 4.69) is 23.0 Å². The Balaban J connectivity index is 1.40. The molecule has 0 fully saturated rings. The lowest BCUT2D eigenvalue weighted by atomic mass is 9.96. The summed E-state index contributed by atoms with van der Waals surface area (Å²) in [5.74, 6) is 0.811. The van der Waals surface area contributed by atoms with E-state index in [-0.39, 0.29) is 11.6 Å². The topological polar surface area (TPSA) is 76.1 Å². The van der Waals surface area contributed by atoms with Gasteiger partial charge in [-0.2, -0.15) is 0 Å². The molecule has 4 aromatic rings. The lowest BCUT2D eigenvalue weighted by molar-refractivity contribution is -0.114. The van der Waals surface area contributed by atoms with Crippen molar-refractivity contribution in [1.29, 1.82) is 0 Å². The molecule has 0 saturated carbocycles. The largest absolute Gasteiger partial charge is 0.306 e. The third-order valence-electron chi connectivity index (χ3n) is 6.22. The second-order valence-corrected chi connectivity index (χ2v) is 9.64. The number of allylic oxidation sites excluding steroid dienone is 1. The third kappa shape index (κ3) is 7.60. The highest BCUT2D eigenvalue weighted by molar-refractivity contribution is 5.97. The minimum absolute atomic E-state index is 0.0402. The Morgan fingerprint density at radius 3 is 2.45 bits per heavy atom. The third-order valence-corrected chi connectivity index (χ3v) is 6.22. The molecule has 0 radical (unpaired) electrons. The summed E-state index contributed by atoms with van der Waals surface area (Å²) in [7, 11) is 3.92. The van der Waals surface area contributed by atoms with Gasteiger partial charge in [-0.05, 0) is 67.5 Å². The molecule has 192 valence electrons. The molecular weight excluding hydrogens is 472 g/mol. The standard InChI is InChI=1S/C32H32N4O2/c1-23-8-9-25(18-28(23)21-32-34-16-14-30(35-32)27-6-4-15-33-22-27)20-31(38)26-12-10-24(11-13-26)19-29(37)7-5-17-36(2)3/h4-16,18,22H,17,19-21H2,1-3H3/b7-5+. The highest BCUT2D eigenvalue weighted by Crippen LogP contribution is 2.19. The summed E-state index contributed by atoms with van der Waals surface area (Å²) in [6, 6.07) is 19.2. The molecule has 6 nitrogen and oxygen atoms in total. The van der Waals surface area contributed by atoms with Gasteiger partial charge in [0.15, 0.2) is 11.6 Å². The normalized spacial score (nSPS) is 11.3. The first-order valence-corrected chi connectivity index (χ1v) is 12.6. The molecule has 0 aliphatic heterocycles. The summed E-state index contributed by atoms with van der Waals surface area (Å²) in [6.07, 6.45) is 9.98. The zero-order chi connectivity index (χ0) is 26.9. The monoisotopic (exact) mass is 504 g/mol. The molecule has 0 amide bonds. The average Bonchev–Trinajstić information content (AvgIpc) is 2.91. The predicted octanol–water partition coefficient (Wildman–Crippen LogP) is 5.09. The minimum Gasteiger partial charge on any atom is -0.306 e. The number of ketones is 2. The molecule has 0 saturated heterocycles. The molecule has 2 heterocycles. The first-order chi connectivity index (χ1) is 18.4. The molecule has 2 aromatic carbocycles. The first kappa shape index (κ1) is 26.8. The Labute approximate surface area is 224 Å². The van der Waals surface area contributed by atoms with Gasteiger partial charge in [0.2, 0.25) is 0 Å². The summed E-state index contributed by atoms with van der Waals surface area (Å²) in [5.41, 5.74) is 6.49.